The Balaban J connectivity index is 3.18. The Morgan fingerprint density at radius 3 is 2.42 bits per heavy atom. The van der Waals surface area contributed by atoms with Crippen LogP contribution in [0.2, 0.25) is 0 Å². The molecule has 1 aromatic carbocycles. The number of halogens is 1. The van der Waals surface area contributed by atoms with E-state index < -0.39 is 22.0 Å². The van der Waals surface area contributed by atoms with Crippen molar-refractivity contribution in [1.82, 2.24) is 4.72 Å². The Kier molecular flexibility index (Phi) is 5.11. The molecule has 0 saturated carbocycles. The second-order valence-electron chi connectivity index (χ2n) is 4.54. The van der Waals surface area contributed by atoms with Gasteiger partial charge in [0.25, 0.3) is 0 Å². The smallest absolute Gasteiger partial charge is 0.322 e. The van der Waals surface area contributed by atoms with Crippen LogP contribution in [0.15, 0.2) is 27.6 Å². The van der Waals surface area contributed by atoms with E-state index in [2.05, 4.69) is 20.7 Å². The third kappa shape index (κ3) is 3.77. The SMILES string of the molecule is Cc1c(Br)cccc1S(=O)(=O)N[C@@H](C(=O)O)C(C)C. The average molecular weight is 350 g/mol. The fourth-order valence-electron chi connectivity index (χ4n) is 1.58. The van der Waals surface area contributed by atoms with Gasteiger partial charge in [0, 0.05) is 4.47 Å². The topological polar surface area (TPSA) is 83.5 Å². The maximum Gasteiger partial charge on any atom is 0.322 e. The molecule has 0 bridgehead atoms. The summed E-state index contributed by atoms with van der Waals surface area (Å²) in [5, 5.41) is 9.04. The largest absolute Gasteiger partial charge is 0.480 e. The quantitative estimate of drug-likeness (QED) is 0.852. The summed E-state index contributed by atoms with van der Waals surface area (Å²) in [7, 11) is -3.86. The first kappa shape index (κ1) is 16.1. The van der Waals surface area contributed by atoms with E-state index >= 15 is 0 Å². The molecule has 1 atom stereocenters. The van der Waals surface area contributed by atoms with Gasteiger partial charge in [0.05, 0.1) is 4.90 Å². The fourth-order valence-corrected chi connectivity index (χ4v) is 3.68. The van der Waals surface area contributed by atoms with Crippen LogP contribution in [0.25, 0.3) is 0 Å². The highest BCUT2D eigenvalue weighted by atomic mass is 79.9. The summed E-state index contributed by atoms with van der Waals surface area (Å²) in [5.74, 6) is -1.54. The lowest BCUT2D eigenvalue weighted by molar-refractivity contribution is -0.140. The Labute approximate surface area is 121 Å². The van der Waals surface area contributed by atoms with Crippen LogP contribution in [0.4, 0.5) is 0 Å². The monoisotopic (exact) mass is 349 g/mol. The zero-order valence-corrected chi connectivity index (χ0v) is 13.2. The molecule has 0 aliphatic heterocycles. The van der Waals surface area contributed by atoms with Crippen molar-refractivity contribution in [3.05, 3.63) is 28.2 Å². The molecule has 2 N–H and O–H groups in total. The Morgan fingerprint density at radius 2 is 1.95 bits per heavy atom. The van der Waals surface area contributed by atoms with Crippen LogP contribution in [-0.2, 0) is 14.8 Å². The summed E-state index contributed by atoms with van der Waals surface area (Å²) in [5.41, 5.74) is 0.544. The van der Waals surface area contributed by atoms with E-state index in [1.54, 1.807) is 32.9 Å². The van der Waals surface area contributed by atoms with Crippen LogP contribution in [-0.4, -0.2) is 25.5 Å². The summed E-state index contributed by atoms with van der Waals surface area (Å²) in [6.45, 7) is 4.95. The highest BCUT2D eigenvalue weighted by Gasteiger charge is 2.29. The molecule has 0 unspecified atom stereocenters. The maximum atomic E-state index is 12.2. The van der Waals surface area contributed by atoms with Crippen LogP contribution in [0, 0.1) is 12.8 Å². The van der Waals surface area contributed by atoms with Gasteiger partial charge in [-0.2, -0.15) is 4.72 Å². The first-order valence-electron chi connectivity index (χ1n) is 5.67. The second kappa shape index (κ2) is 6.02. The van der Waals surface area contributed by atoms with Gasteiger partial charge >= 0.3 is 5.97 Å². The number of rotatable bonds is 5. The molecule has 1 rings (SSSR count). The van der Waals surface area contributed by atoms with Crippen molar-refractivity contribution in [2.24, 2.45) is 5.92 Å². The minimum atomic E-state index is -3.86. The second-order valence-corrected chi connectivity index (χ2v) is 7.08. The van der Waals surface area contributed by atoms with Gasteiger partial charge in [0.2, 0.25) is 10.0 Å². The number of carbonyl (C=O) groups is 1. The van der Waals surface area contributed by atoms with Crippen molar-refractivity contribution in [3.8, 4) is 0 Å². The van der Waals surface area contributed by atoms with Gasteiger partial charge in [-0.25, -0.2) is 8.42 Å². The molecule has 0 fully saturated rings. The molecule has 0 aliphatic carbocycles. The van der Waals surface area contributed by atoms with E-state index in [0.29, 0.717) is 10.0 Å². The summed E-state index contributed by atoms with van der Waals surface area (Å²) >= 11 is 3.25. The van der Waals surface area contributed by atoms with Gasteiger partial charge in [-0.3, -0.25) is 4.79 Å². The van der Waals surface area contributed by atoms with E-state index in [-0.39, 0.29) is 10.8 Å². The third-order valence-corrected chi connectivity index (χ3v) is 5.17. The summed E-state index contributed by atoms with van der Waals surface area (Å²) in [6, 6.07) is 3.62. The van der Waals surface area contributed by atoms with Crippen LogP contribution >= 0.6 is 15.9 Å². The van der Waals surface area contributed by atoms with Gasteiger partial charge in [-0.15, -0.1) is 0 Å². The highest BCUT2D eigenvalue weighted by Crippen LogP contribution is 2.23. The third-order valence-electron chi connectivity index (χ3n) is 2.72. The standard InChI is InChI=1S/C12H16BrNO4S/c1-7(2)11(12(15)16)14-19(17,18)10-6-4-5-9(13)8(10)3/h4-7,11,14H,1-3H3,(H,15,16)/t11-/m1/s1. The van der Waals surface area contributed by atoms with Crippen LogP contribution < -0.4 is 4.72 Å². The minimum absolute atomic E-state index is 0.0776. The molecule has 106 valence electrons. The lowest BCUT2D eigenvalue weighted by atomic mass is 10.1. The number of aliphatic carboxylic acids is 1. The molecule has 7 heteroatoms. The van der Waals surface area contributed by atoms with Crippen molar-refractivity contribution in [1.29, 1.82) is 0 Å². The van der Waals surface area contributed by atoms with E-state index in [9.17, 15) is 13.2 Å². The van der Waals surface area contributed by atoms with Crippen LogP contribution in [0.3, 0.4) is 0 Å². The number of hydrogen-bond donors (Lipinski definition) is 2. The van der Waals surface area contributed by atoms with Gasteiger partial charge in [0.15, 0.2) is 0 Å². The lowest BCUT2D eigenvalue weighted by Crippen LogP contribution is -2.44. The van der Waals surface area contributed by atoms with Gasteiger partial charge in [0.1, 0.15) is 6.04 Å². The first-order valence-corrected chi connectivity index (χ1v) is 7.94. The maximum absolute atomic E-state index is 12.2. The van der Waals surface area contributed by atoms with Gasteiger partial charge in [-0.1, -0.05) is 35.8 Å². The summed E-state index contributed by atoms with van der Waals surface area (Å²) in [6.07, 6.45) is 0. The summed E-state index contributed by atoms with van der Waals surface area (Å²) in [4.78, 5) is 11.1. The number of sulfonamides is 1. The number of nitrogens with one attached hydrogen (secondary N) is 1. The van der Waals surface area contributed by atoms with Gasteiger partial charge < -0.3 is 5.11 Å². The fraction of sp³-hybridized carbons (Fsp3) is 0.417. The molecule has 0 aromatic heterocycles. The van der Waals surface area contributed by atoms with Crippen molar-refractivity contribution >= 4 is 31.9 Å². The van der Waals surface area contributed by atoms with E-state index in [0.717, 1.165) is 0 Å². The highest BCUT2D eigenvalue weighted by molar-refractivity contribution is 9.10. The Hall–Kier alpha value is -0.920. The number of carboxylic acid groups (broad SMARTS) is 1. The Morgan fingerprint density at radius 1 is 1.37 bits per heavy atom. The number of hydrogen-bond acceptors (Lipinski definition) is 3. The van der Waals surface area contributed by atoms with Gasteiger partial charge in [-0.05, 0) is 30.5 Å². The molecule has 0 amide bonds. The molecular formula is C12H16BrNO4S. The van der Waals surface area contributed by atoms with E-state index in [1.165, 1.54) is 6.07 Å². The molecule has 19 heavy (non-hydrogen) atoms. The van der Waals surface area contributed by atoms with Crippen molar-refractivity contribution in [2.75, 3.05) is 0 Å². The van der Waals surface area contributed by atoms with Crippen molar-refractivity contribution in [3.63, 3.8) is 0 Å². The molecule has 1 aromatic rings. The number of benzene rings is 1. The molecule has 0 radical (unpaired) electrons. The molecular weight excluding hydrogens is 334 g/mol. The van der Waals surface area contributed by atoms with Crippen molar-refractivity contribution in [2.45, 2.75) is 31.7 Å². The lowest BCUT2D eigenvalue weighted by Gasteiger charge is -2.19. The first-order chi connectivity index (χ1) is 8.66. The zero-order valence-electron chi connectivity index (χ0n) is 10.8. The van der Waals surface area contributed by atoms with Crippen molar-refractivity contribution < 1.29 is 18.3 Å². The zero-order chi connectivity index (χ0) is 14.8. The number of carboxylic acids is 1. The average Bonchev–Trinajstić information content (AvgIpc) is 2.28. The van der Waals surface area contributed by atoms with E-state index in [4.69, 9.17) is 5.11 Å². The van der Waals surface area contributed by atoms with Crippen LogP contribution in [0.1, 0.15) is 19.4 Å². The molecule has 0 aliphatic rings. The van der Waals surface area contributed by atoms with E-state index in [1.807, 2.05) is 0 Å². The predicted molar refractivity (Wildman–Crippen MR) is 75.5 cm³/mol. The molecule has 0 saturated heterocycles. The molecule has 5 nitrogen and oxygen atoms in total. The minimum Gasteiger partial charge on any atom is -0.480 e. The van der Waals surface area contributed by atoms with Crippen LogP contribution in [0.5, 0.6) is 0 Å². The summed E-state index contributed by atoms with van der Waals surface area (Å²) < 4.78 is 27.3. The normalized spacial score (nSPS) is 13.5. The predicted octanol–water partition coefficient (Wildman–Crippen LogP) is 2.15. The molecule has 0 spiro atoms. The Bertz CT molecular complexity index is 583. The molecule has 0 heterocycles.